The Morgan fingerprint density at radius 1 is 1.11 bits per heavy atom. The van der Waals surface area contributed by atoms with E-state index in [-0.39, 0.29) is 71.9 Å². The molecule has 0 radical (unpaired) electrons. The number of hydrogen-bond donors (Lipinski definition) is 1. The molecular formula is C26H20ClF3NNaO5. The predicted molar refractivity (Wildman–Crippen MR) is 123 cm³/mol. The SMILES string of the molecule is O=C(NCCc1ccccc1C(F)(F)F)c1ccc(Oc2cc3c(cc2Cl)C(C(=O)[O-])CCO3)cc1.[Na+]. The summed E-state index contributed by atoms with van der Waals surface area (Å²) in [6.07, 6.45) is -4.15. The predicted octanol–water partition coefficient (Wildman–Crippen LogP) is 1.74. The fourth-order valence-electron chi connectivity index (χ4n) is 3.94. The van der Waals surface area contributed by atoms with Crippen molar-refractivity contribution in [2.45, 2.75) is 24.9 Å². The molecule has 1 aliphatic heterocycles. The molecule has 0 aromatic heterocycles. The van der Waals surface area contributed by atoms with Crippen molar-refractivity contribution in [3.8, 4) is 17.2 Å². The Morgan fingerprint density at radius 3 is 2.49 bits per heavy atom. The first-order valence-electron chi connectivity index (χ1n) is 11.0. The maximum Gasteiger partial charge on any atom is 1.00 e. The number of ether oxygens (including phenoxy) is 2. The molecule has 0 bridgehead atoms. The van der Waals surface area contributed by atoms with Crippen molar-refractivity contribution in [1.82, 2.24) is 5.32 Å². The number of alkyl halides is 3. The summed E-state index contributed by atoms with van der Waals surface area (Å²) in [6, 6.07) is 14.3. The third kappa shape index (κ3) is 6.98. The summed E-state index contributed by atoms with van der Waals surface area (Å²) in [4.78, 5) is 23.8. The zero-order valence-electron chi connectivity index (χ0n) is 19.7. The molecule has 0 aliphatic carbocycles. The zero-order valence-corrected chi connectivity index (χ0v) is 22.5. The number of fused-ring (bicyclic) bond motifs is 1. The Hall–Kier alpha value is -2.72. The van der Waals surface area contributed by atoms with Gasteiger partial charge in [-0.05, 0) is 54.8 Å². The maximum atomic E-state index is 13.1. The molecule has 1 N–H and O–H groups in total. The molecule has 1 heterocycles. The molecule has 11 heteroatoms. The van der Waals surface area contributed by atoms with Crippen LogP contribution in [0.2, 0.25) is 5.02 Å². The van der Waals surface area contributed by atoms with E-state index in [0.29, 0.717) is 22.6 Å². The zero-order chi connectivity index (χ0) is 25.9. The summed E-state index contributed by atoms with van der Waals surface area (Å²) in [5.74, 6) is -1.52. The van der Waals surface area contributed by atoms with E-state index in [2.05, 4.69) is 5.32 Å². The largest absolute Gasteiger partial charge is 1.00 e. The van der Waals surface area contributed by atoms with Crippen LogP contribution in [0.3, 0.4) is 0 Å². The van der Waals surface area contributed by atoms with Crippen molar-refractivity contribution in [1.29, 1.82) is 0 Å². The molecule has 3 aromatic carbocycles. The number of carbonyl (C=O) groups is 2. The van der Waals surface area contributed by atoms with Crippen LogP contribution in [0.5, 0.6) is 17.2 Å². The molecule has 4 rings (SSSR count). The average molecular weight is 542 g/mol. The van der Waals surface area contributed by atoms with Gasteiger partial charge in [-0.2, -0.15) is 13.2 Å². The monoisotopic (exact) mass is 541 g/mol. The van der Waals surface area contributed by atoms with Crippen LogP contribution in [-0.2, 0) is 17.4 Å². The summed E-state index contributed by atoms with van der Waals surface area (Å²) < 4.78 is 50.6. The number of carboxylic acids is 1. The number of carbonyl (C=O) groups excluding carboxylic acids is 2. The van der Waals surface area contributed by atoms with Gasteiger partial charge in [-0.15, -0.1) is 0 Å². The van der Waals surface area contributed by atoms with Gasteiger partial charge in [0.05, 0.1) is 17.2 Å². The molecule has 1 atom stereocenters. The van der Waals surface area contributed by atoms with Crippen molar-refractivity contribution in [3.63, 3.8) is 0 Å². The van der Waals surface area contributed by atoms with Crippen molar-refractivity contribution < 1.29 is 66.9 Å². The number of carboxylic acid groups (broad SMARTS) is 1. The summed E-state index contributed by atoms with van der Waals surface area (Å²) in [7, 11) is 0. The van der Waals surface area contributed by atoms with E-state index in [1.165, 1.54) is 54.6 Å². The van der Waals surface area contributed by atoms with Crippen LogP contribution >= 0.6 is 11.6 Å². The van der Waals surface area contributed by atoms with Crippen LogP contribution < -0.4 is 49.5 Å². The van der Waals surface area contributed by atoms with Crippen LogP contribution in [-0.4, -0.2) is 25.0 Å². The number of amides is 1. The standard InChI is InChI=1S/C26H21ClF3NO5.Na/c27-21-13-19-18(25(33)34)10-12-35-22(19)14-23(21)36-17-7-5-16(6-8-17)24(32)31-11-9-15-3-1-2-4-20(15)26(28,29)30;/h1-8,13-14,18H,9-12H2,(H,31,32)(H,33,34);/q;+1/p-1. The number of hydrogen-bond acceptors (Lipinski definition) is 5. The summed E-state index contributed by atoms with van der Waals surface area (Å²) in [5.41, 5.74) is 0.0969. The fraction of sp³-hybridized carbons (Fsp3) is 0.231. The van der Waals surface area contributed by atoms with Gasteiger partial charge < -0.3 is 24.7 Å². The number of nitrogens with one attached hydrogen (secondary N) is 1. The normalized spacial score (nSPS) is 14.5. The minimum absolute atomic E-state index is 0. The van der Waals surface area contributed by atoms with E-state index in [9.17, 15) is 27.9 Å². The Kier molecular flexibility index (Phi) is 9.52. The van der Waals surface area contributed by atoms with Crippen LogP contribution in [0.25, 0.3) is 0 Å². The summed E-state index contributed by atoms with van der Waals surface area (Å²) in [6.45, 7) is 0.250. The molecule has 1 unspecified atom stereocenters. The number of rotatable bonds is 7. The number of halogens is 4. The molecule has 0 saturated heterocycles. The Labute approximate surface area is 238 Å². The van der Waals surface area contributed by atoms with E-state index in [4.69, 9.17) is 21.1 Å². The minimum Gasteiger partial charge on any atom is -0.549 e. The molecule has 188 valence electrons. The van der Waals surface area contributed by atoms with Crippen LogP contribution in [0, 0.1) is 0 Å². The van der Waals surface area contributed by atoms with Gasteiger partial charge >= 0.3 is 35.7 Å². The summed E-state index contributed by atoms with van der Waals surface area (Å²) in [5, 5.41) is 14.2. The van der Waals surface area contributed by atoms with Crippen LogP contribution in [0.4, 0.5) is 13.2 Å². The smallest absolute Gasteiger partial charge is 0.549 e. The third-order valence-electron chi connectivity index (χ3n) is 5.74. The van der Waals surface area contributed by atoms with Crippen LogP contribution in [0.1, 0.15) is 39.4 Å². The molecule has 0 saturated carbocycles. The van der Waals surface area contributed by atoms with E-state index >= 15 is 0 Å². The summed E-state index contributed by atoms with van der Waals surface area (Å²) >= 11 is 6.28. The quantitative estimate of drug-likeness (QED) is 0.461. The van der Waals surface area contributed by atoms with Crippen molar-refractivity contribution in [3.05, 3.63) is 87.9 Å². The van der Waals surface area contributed by atoms with Crippen molar-refractivity contribution in [2.75, 3.05) is 13.2 Å². The Balaban J connectivity index is 0.00000380. The first-order chi connectivity index (χ1) is 17.1. The second-order valence-corrected chi connectivity index (χ2v) is 8.52. The van der Waals surface area contributed by atoms with Gasteiger partial charge in [0.2, 0.25) is 0 Å². The average Bonchev–Trinajstić information content (AvgIpc) is 2.84. The van der Waals surface area contributed by atoms with Crippen LogP contribution in [0.15, 0.2) is 60.7 Å². The van der Waals surface area contributed by atoms with Gasteiger partial charge in [0, 0.05) is 35.6 Å². The second-order valence-electron chi connectivity index (χ2n) is 8.12. The van der Waals surface area contributed by atoms with Crippen molar-refractivity contribution >= 4 is 23.5 Å². The van der Waals surface area contributed by atoms with E-state index in [0.717, 1.165) is 6.07 Å². The van der Waals surface area contributed by atoms with E-state index in [1.54, 1.807) is 0 Å². The third-order valence-corrected chi connectivity index (χ3v) is 6.03. The first kappa shape index (κ1) is 28.8. The van der Waals surface area contributed by atoms with Gasteiger partial charge in [-0.3, -0.25) is 4.79 Å². The molecular weight excluding hydrogens is 522 g/mol. The van der Waals surface area contributed by atoms with Gasteiger partial charge in [-0.1, -0.05) is 29.8 Å². The molecule has 0 fully saturated rings. The second kappa shape index (κ2) is 12.2. The molecule has 3 aromatic rings. The maximum absolute atomic E-state index is 13.1. The molecule has 6 nitrogen and oxygen atoms in total. The van der Waals surface area contributed by atoms with Gasteiger partial charge in [-0.25, -0.2) is 0 Å². The Bertz CT molecular complexity index is 1280. The molecule has 0 spiro atoms. The van der Waals surface area contributed by atoms with E-state index in [1.807, 2.05) is 0 Å². The van der Waals surface area contributed by atoms with Gasteiger partial charge in [0.15, 0.2) is 0 Å². The van der Waals surface area contributed by atoms with Gasteiger partial charge in [0.1, 0.15) is 17.2 Å². The fourth-order valence-corrected chi connectivity index (χ4v) is 4.15. The first-order valence-corrected chi connectivity index (χ1v) is 11.4. The number of benzene rings is 3. The van der Waals surface area contributed by atoms with E-state index < -0.39 is 29.5 Å². The van der Waals surface area contributed by atoms with Gasteiger partial charge in [0.25, 0.3) is 5.91 Å². The minimum atomic E-state index is -4.46. The Morgan fingerprint density at radius 2 is 1.81 bits per heavy atom. The molecule has 37 heavy (non-hydrogen) atoms. The molecule has 1 amide bonds. The van der Waals surface area contributed by atoms with Crippen molar-refractivity contribution in [2.24, 2.45) is 0 Å². The molecule has 1 aliphatic rings. The topological polar surface area (TPSA) is 87.7 Å². The number of aliphatic carboxylic acids is 1.